The molecule has 1 aliphatic heterocycles. The fourth-order valence-corrected chi connectivity index (χ4v) is 3.60. The number of nitro groups is 2. The number of carbonyl (C=O) groups excluding carboxylic acids is 4. The van der Waals surface area contributed by atoms with Crippen LogP contribution in [0.1, 0.15) is 41.4 Å². The molecule has 0 radical (unpaired) electrons. The average Bonchev–Trinajstić information content (AvgIpc) is 3.12. The van der Waals surface area contributed by atoms with E-state index in [9.17, 15) is 39.4 Å². The molecule has 0 fully saturated rings. The maximum absolute atomic E-state index is 13.5. The molecule has 35 heavy (non-hydrogen) atoms. The van der Waals surface area contributed by atoms with Gasteiger partial charge >= 0.3 is 0 Å². The summed E-state index contributed by atoms with van der Waals surface area (Å²) < 4.78 is 0. The van der Waals surface area contributed by atoms with Gasteiger partial charge in [-0.1, -0.05) is 36.4 Å². The van der Waals surface area contributed by atoms with E-state index in [1.165, 1.54) is 48.5 Å². The van der Waals surface area contributed by atoms with E-state index in [2.05, 4.69) is 0 Å². The number of Topliss-reactive ketones (excluding diaryl/α,β-unsaturated/α-hetero) is 1. The summed E-state index contributed by atoms with van der Waals surface area (Å²) in [6.07, 6.45) is 0. The van der Waals surface area contributed by atoms with Crippen molar-refractivity contribution in [1.82, 2.24) is 10.0 Å². The first kappa shape index (κ1) is 22.9. The van der Waals surface area contributed by atoms with E-state index in [1.54, 1.807) is 0 Å². The Morgan fingerprint density at radius 1 is 0.800 bits per heavy atom. The van der Waals surface area contributed by atoms with Gasteiger partial charge in [0.25, 0.3) is 29.1 Å². The molecule has 12 heteroatoms. The summed E-state index contributed by atoms with van der Waals surface area (Å²) in [7, 11) is 0. The predicted octanol–water partition coefficient (Wildman–Crippen LogP) is 3.04. The van der Waals surface area contributed by atoms with Crippen LogP contribution in [-0.2, 0) is 0 Å². The van der Waals surface area contributed by atoms with E-state index in [4.69, 9.17) is 0 Å². The van der Waals surface area contributed by atoms with Crippen LogP contribution >= 0.6 is 0 Å². The molecule has 0 saturated carbocycles. The van der Waals surface area contributed by atoms with Crippen LogP contribution in [0.3, 0.4) is 0 Å². The van der Waals surface area contributed by atoms with Crippen molar-refractivity contribution in [2.45, 2.75) is 0 Å². The normalized spacial score (nSPS) is 12.3. The van der Waals surface area contributed by atoms with Gasteiger partial charge in [0.1, 0.15) is 12.1 Å². The van der Waals surface area contributed by atoms with Crippen LogP contribution in [0.15, 0.2) is 72.8 Å². The first-order valence-electron chi connectivity index (χ1n) is 10.0. The smallest absolute Gasteiger partial charge is 0.282 e. The fraction of sp³-hybridized carbons (Fsp3) is 0.0435. The molecule has 3 amide bonds. The SMILES string of the molecule is O=C(CN(C(=O)c1ccccc1[N+](=O)[O-])N1C(=O)c2ccccc2C1=O)c1cccc([N+](=O)[O-])c1. The number of hydrogen-bond donors (Lipinski definition) is 0. The van der Waals surface area contributed by atoms with Gasteiger partial charge in [0.2, 0.25) is 0 Å². The van der Waals surface area contributed by atoms with Gasteiger partial charge in [0, 0.05) is 23.8 Å². The van der Waals surface area contributed by atoms with E-state index >= 15 is 0 Å². The Kier molecular flexibility index (Phi) is 5.85. The van der Waals surface area contributed by atoms with Gasteiger partial charge < -0.3 is 0 Å². The van der Waals surface area contributed by atoms with E-state index in [-0.39, 0.29) is 22.4 Å². The molecule has 0 bridgehead atoms. The van der Waals surface area contributed by atoms with E-state index in [1.807, 2.05) is 0 Å². The largest absolute Gasteiger partial charge is 0.292 e. The molecule has 0 atom stereocenters. The molecular formula is C23H14N4O8. The van der Waals surface area contributed by atoms with E-state index in [0.717, 1.165) is 24.3 Å². The number of ketones is 1. The van der Waals surface area contributed by atoms with Crippen molar-refractivity contribution in [3.8, 4) is 0 Å². The third kappa shape index (κ3) is 4.11. The van der Waals surface area contributed by atoms with Gasteiger partial charge in [-0.05, 0) is 18.2 Å². The van der Waals surface area contributed by atoms with Crippen LogP contribution in [-0.4, -0.2) is 49.9 Å². The highest BCUT2D eigenvalue weighted by Gasteiger charge is 2.43. The topological polar surface area (TPSA) is 161 Å². The number of nitrogens with zero attached hydrogens (tertiary/aromatic N) is 4. The van der Waals surface area contributed by atoms with Gasteiger partial charge in [-0.2, -0.15) is 5.01 Å². The number of benzene rings is 3. The molecule has 3 aromatic rings. The molecule has 0 aliphatic carbocycles. The summed E-state index contributed by atoms with van der Waals surface area (Å²) in [6, 6.07) is 15.3. The Bertz CT molecular complexity index is 1400. The quantitative estimate of drug-likeness (QED) is 0.218. The van der Waals surface area contributed by atoms with Crippen molar-refractivity contribution >= 4 is 34.9 Å². The summed E-state index contributed by atoms with van der Waals surface area (Å²) >= 11 is 0. The van der Waals surface area contributed by atoms with Crippen molar-refractivity contribution in [2.24, 2.45) is 0 Å². The van der Waals surface area contributed by atoms with Gasteiger partial charge in [-0.25, -0.2) is 5.01 Å². The van der Waals surface area contributed by atoms with Crippen molar-refractivity contribution < 1.29 is 29.0 Å². The summed E-state index contributed by atoms with van der Waals surface area (Å²) in [5.41, 5.74) is -1.62. The molecule has 0 aromatic heterocycles. The Balaban J connectivity index is 1.79. The first-order chi connectivity index (χ1) is 16.7. The van der Waals surface area contributed by atoms with Crippen LogP contribution in [0.2, 0.25) is 0 Å². The number of hydrazine groups is 1. The molecule has 12 nitrogen and oxygen atoms in total. The predicted molar refractivity (Wildman–Crippen MR) is 119 cm³/mol. The Morgan fingerprint density at radius 2 is 1.40 bits per heavy atom. The van der Waals surface area contributed by atoms with Gasteiger partial charge in [-0.3, -0.25) is 39.4 Å². The molecule has 3 aromatic carbocycles. The third-order valence-corrected chi connectivity index (χ3v) is 5.25. The molecule has 0 spiro atoms. The zero-order chi connectivity index (χ0) is 25.3. The molecule has 1 aliphatic rings. The highest BCUT2D eigenvalue weighted by molar-refractivity contribution is 6.22. The summed E-state index contributed by atoms with van der Waals surface area (Å²) in [4.78, 5) is 73.6. The second-order valence-electron chi connectivity index (χ2n) is 7.34. The maximum Gasteiger partial charge on any atom is 0.282 e. The van der Waals surface area contributed by atoms with Crippen molar-refractivity contribution in [1.29, 1.82) is 0 Å². The fourth-order valence-electron chi connectivity index (χ4n) is 3.60. The minimum atomic E-state index is -1.15. The van der Waals surface area contributed by atoms with Crippen LogP contribution in [0.5, 0.6) is 0 Å². The molecule has 1 heterocycles. The van der Waals surface area contributed by atoms with E-state index < -0.39 is 51.1 Å². The average molecular weight is 474 g/mol. The number of imide groups is 1. The highest BCUT2D eigenvalue weighted by Crippen LogP contribution is 2.28. The molecule has 0 N–H and O–H groups in total. The van der Waals surface area contributed by atoms with Crippen LogP contribution < -0.4 is 0 Å². The molecule has 174 valence electrons. The Morgan fingerprint density at radius 3 is 2.00 bits per heavy atom. The monoisotopic (exact) mass is 474 g/mol. The zero-order valence-electron chi connectivity index (χ0n) is 17.7. The molecule has 0 unspecified atom stereocenters. The lowest BCUT2D eigenvalue weighted by molar-refractivity contribution is -0.385. The lowest BCUT2D eigenvalue weighted by Gasteiger charge is -2.29. The molecular weight excluding hydrogens is 460 g/mol. The third-order valence-electron chi connectivity index (χ3n) is 5.25. The molecule has 0 saturated heterocycles. The summed E-state index contributed by atoms with van der Waals surface area (Å²) in [5.74, 6) is -3.78. The lowest BCUT2D eigenvalue weighted by atomic mass is 10.1. The Labute approximate surface area is 196 Å². The van der Waals surface area contributed by atoms with Gasteiger partial charge in [-0.15, -0.1) is 0 Å². The minimum absolute atomic E-state index is 0.0133. The summed E-state index contributed by atoms with van der Waals surface area (Å²) in [5, 5.41) is 23.5. The molecule has 4 rings (SSSR count). The van der Waals surface area contributed by atoms with Crippen molar-refractivity contribution in [3.63, 3.8) is 0 Å². The van der Waals surface area contributed by atoms with E-state index in [0.29, 0.717) is 10.0 Å². The number of para-hydroxylation sites is 1. The zero-order valence-corrected chi connectivity index (χ0v) is 17.7. The van der Waals surface area contributed by atoms with Crippen LogP contribution in [0.25, 0.3) is 0 Å². The Hall–Kier alpha value is -5.26. The second kappa shape index (κ2) is 8.94. The van der Waals surface area contributed by atoms with Crippen LogP contribution in [0, 0.1) is 20.2 Å². The standard InChI is InChI=1S/C23H14N4O8/c28-20(14-6-5-7-15(12-14)26(32)33)13-24(21(29)18-10-3-4-11-19(18)27(34)35)25-22(30)16-8-1-2-9-17(16)23(25)31/h1-12H,13H2. The number of fused-ring (bicyclic) bond motifs is 1. The number of hydrogen-bond acceptors (Lipinski definition) is 8. The van der Waals surface area contributed by atoms with Gasteiger partial charge in [0.05, 0.1) is 21.0 Å². The van der Waals surface area contributed by atoms with Crippen LogP contribution in [0.4, 0.5) is 11.4 Å². The van der Waals surface area contributed by atoms with Crippen molar-refractivity contribution in [2.75, 3.05) is 6.54 Å². The maximum atomic E-state index is 13.5. The van der Waals surface area contributed by atoms with Gasteiger partial charge in [0.15, 0.2) is 5.78 Å². The first-order valence-corrected chi connectivity index (χ1v) is 10.0. The minimum Gasteiger partial charge on any atom is -0.292 e. The number of nitro benzene ring substituents is 2. The highest BCUT2D eigenvalue weighted by atomic mass is 16.6. The summed E-state index contributed by atoms with van der Waals surface area (Å²) in [6.45, 7) is -0.891. The lowest BCUT2D eigenvalue weighted by Crippen LogP contribution is -2.51. The number of amides is 3. The number of non-ortho nitro benzene ring substituents is 1. The number of carbonyl (C=O) groups is 4. The second-order valence-corrected chi connectivity index (χ2v) is 7.34. The van der Waals surface area contributed by atoms with Crippen molar-refractivity contribution in [3.05, 3.63) is 115 Å². The number of rotatable bonds is 7.